The topological polar surface area (TPSA) is 38.3 Å². The van der Waals surface area contributed by atoms with Crippen LogP contribution in [0.5, 0.6) is 5.75 Å². The molecule has 0 saturated carbocycles. The second kappa shape index (κ2) is 5.40. The highest BCUT2D eigenvalue weighted by Crippen LogP contribution is 2.37. The van der Waals surface area contributed by atoms with Crippen LogP contribution in [-0.4, -0.2) is 18.7 Å². The van der Waals surface area contributed by atoms with Gasteiger partial charge in [-0.25, -0.2) is 0 Å². The maximum atomic E-state index is 12.1. The predicted molar refractivity (Wildman–Crippen MR) is 65.8 cm³/mol. The second-order valence-corrected chi connectivity index (χ2v) is 5.06. The van der Waals surface area contributed by atoms with Crippen molar-refractivity contribution >= 4 is 21.8 Å². The van der Waals surface area contributed by atoms with Crippen molar-refractivity contribution in [1.82, 2.24) is 5.32 Å². The number of fused-ring (bicyclic) bond motifs is 1. The molecule has 0 aromatic heterocycles. The minimum atomic E-state index is -4.49. The van der Waals surface area contributed by atoms with Crippen molar-refractivity contribution in [2.24, 2.45) is 0 Å². The maximum Gasteiger partial charge on any atom is 0.397 e. The fourth-order valence-electron chi connectivity index (χ4n) is 1.96. The molecule has 0 fully saturated rings. The molecule has 1 aliphatic rings. The number of hydrogen-bond donors (Lipinski definition) is 1. The van der Waals surface area contributed by atoms with E-state index in [1.807, 2.05) is 0 Å². The Kier molecular flexibility index (Phi) is 4.03. The first-order chi connectivity index (χ1) is 8.87. The Morgan fingerprint density at radius 1 is 1.47 bits per heavy atom. The molecule has 1 aliphatic heterocycles. The molecule has 104 valence electrons. The van der Waals surface area contributed by atoms with Gasteiger partial charge in [-0.15, -0.1) is 0 Å². The predicted octanol–water partition coefficient (Wildman–Crippen LogP) is 3.34. The first-order valence-electron chi connectivity index (χ1n) is 5.64. The van der Waals surface area contributed by atoms with E-state index in [4.69, 9.17) is 4.74 Å². The summed E-state index contributed by atoms with van der Waals surface area (Å²) in [6.45, 7) is 0.354. The number of para-hydroxylation sites is 1. The van der Waals surface area contributed by atoms with Crippen molar-refractivity contribution in [2.75, 3.05) is 6.61 Å². The molecule has 0 radical (unpaired) electrons. The lowest BCUT2D eigenvalue weighted by Gasteiger charge is -2.27. The van der Waals surface area contributed by atoms with Crippen molar-refractivity contribution in [3.8, 4) is 5.75 Å². The first kappa shape index (κ1) is 14.2. The van der Waals surface area contributed by atoms with E-state index < -0.39 is 24.5 Å². The van der Waals surface area contributed by atoms with E-state index in [9.17, 15) is 18.0 Å². The third-order valence-electron chi connectivity index (χ3n) is 2.72. The third-order valence-corrected chi connectivity index (χ3v) is 3.35. The number of carbonyl (C=O) groups excluding carboxylic acids is 1. The molecule has 7 heteroatoms. The molecule has 1 heterocycles. The third kappa shape index (κ3) is 3.62. The summed E-state index contributed by atoms with van der Waals surface area (Å²) in [5.74, 6) is -0.448. The van der Waals surface area contributed by atoms with Gasteiger partial charge in [0.15, 0.2) is 0 Å². The number of nitrogens with one attached hydrogen (secondary N) is 1. The Bertz CT molecular complexity index is 490. The van der Waals surface area contributed by atoms with Crippen LogP contribution >= 0.6 is 15.9 Å². The van der Waals surface area contributed by atoms with Gasteiger partial charge >= 0.3 is 6.18 Å². The highest BCUT2D eigenvalue weighted by atomic mass is 79.9. The summed E-state index contributed by atoms with van der Waals surface area (Å²) in [5.41, 5.74) is 0.691. The van der Waals surface area contributed by atoms with Crippen molar-refractivity contribution in [3.63, 3.8) is 0 Å². The number of rotatable bonds is 2. The van der Waals surface area contributed by atoms with Crippen molar-refractivity contribution in [3.05, 3.63) is 28.2 Å². The lowest BCUT2D eigenvalue weighted by molar-refractivity contribution is -0.154. The lowest BCUT2D eigenvalue weighted by Crippen LogP contribution is -2.34. The van der Waals surface area contributed by atoms with Crippen LogP contribution in [0.25, 0.3) is 0 Å². The quantitative estimate of drug-likeness (QED) is 0.898. The summed E-state index contributed by atoms with van der Waals surface area (Å²) in [6, 6.07) is 4.81. The molecule has 1 aromatic rings. The summed E-state index contributed by atoms with van der Waals surface area (Å²) >= 11 is 3.31. The molecule has 0 bridgehead atoms. The van der Waals surface area contributed by atoms with E-state index in [1.54, 1.807) is 18.2 Å². The van der Waals surface area contributed by atoms with Gasteiger partial charge in [-0.1, -0.05) is 12.1 Å². The largest absolute Gasteiger partial charge is 0.492 e. The first-order valence-corrected chi connectivity index (χ1v) is 6.43. The van der Waals surface area contributed by atoms with Gasteiger partial charge in [0.2, 0.25) is 5.91 Å². The molecule has 0 spiro atoms. The van der Waals surface area contributed by atoms with E-state index in [0.29, 0.717) is 24.3 Å². The SMILES string of the molecule is O=C(CC(F)(F)F)NC1CCOc2c(Br)cccc21. The van der Waals surface area contributed by atoms with Crippen LogP contribution in [0, 0.1) is 0 Å². The summed E-state index contributed by atoms with van der Waals surface area (Å²) < 4.78 is 42.6. The monoisotopic (exact) mass is 337 g/mol. The van der Waals surface area contributed by atoms with Gasteiger partial charge in [0.25, 0.3) is 0 Å². The minimum absolute atomic E-state index is 0.354. The summed E-state index contributed by atoms with van der Waals surface area (Å²) in [6.07, 6.45) is -5.50. The van der Waals surface area contributed by atoms with Crippen LogP contribution in [0.3, 0.4) is 0 Å². The molecule has 3 nitrogen and oxygen atoms in total. The molecule has 1 amide bonds. The van der Waals surface area contributed by atoms with E-state index in [2.05, 4.69) is 21.2 Å². The van der Waals surface area contributed by atoms with E-state index in [1.165, 1.54) is 0 Å². The Morgan fingerprint density at radius 3 is 2.89 bits per heavy atom. The molecule has 1 unspecified atom stereocenters. The Morgan fingerprint density at radius 2 is 2.21 bits per heavy atom. The molecule has 19 heavy (non-hydrogen) atoms. The van der Waals surface area contributed by atoms with Gasteiger partial charge in [0.05, 0.1) is 17.1 Å². The highest BCUT2D eigenvalue weighted by Gasteiger charge is 2.33. The zero-order valence-electron chi connectivity index (χ0n) is 9.76. The lowest BCUT2D eigenvalue weighted by atomic mass is 10.0. The number of carbonyl (C=O) groups is 1. The standard InChI is InChI=1S/C12H11BrF3NO2/c13-8-3-1-2-7-9(4-5-19-11(7)8)17-10(18)6-12(14,15)16/h1-3,9H,4-6H2,(H,17,18). The molecule has 1 N–H and O–H groups in total. The molecule has 2 rings (SSSR count). The Labute approximate surface area is 116 Å². The van der Waals surface area contributed by atoms with Gasteiger partial charge in [-0.3, -0.25) is 4.79 Å². The van der Waals surface area contributed by atoms with E-state index in [0.717, 1.165) is 4.47 Å². The van der Waals surface area contributed by atoms with Crippen LogP contribution in [-0.2, 0) is 4.79 Å². The fourth-order valence-corrected chi connectivity index (χ4v) is 2.46. The Balaban J connectivity index is 2.12. The molecule has 0 aliphatic carbocycles. The van der Waals surface area contributed by atoms with Crippen molar-refractivity contribution in [1.29, 1.82) is 0 Å². The van der Waals surface area contributed by atoms with Gasteiger partial charge in [-0.2, -0.15) is 13.2 Å². The fraction of sp³-hybridized carbons (Fsp3) is 0.417. The highest BCUT2D eigenvalue weighted by molar-refractivity contribution is 9.10. The number of halogens is 4. The molecule has 1 aromatic carbocycles. The summed E-state index contributed by atoms with van der Waals surface area (Å²) in [5, 5.41) is 2.40. The normalized spacial score (nSPS) is 18.4. The van der Waals surface area contributed by atoms with Crippen molar-refractivity contribution in [2.45, 2.75) is 25.1 Å². The zero-order chi connectivity index (χ0) is 14.0. The molecular weight excluding hydrogens is 327 g/mol. The number of ether oxygens (including phenoxy) is 1. The van der Waals surface area contributed by atoms with Crippen LogP contribution in [0.4, 0.5) is 13.2 Å². The van der Waals surface area contributed by atoms with Gasteiger partial charge in [-0.05, 0) is 22.0 Å². The van der Waals surface area contributed by atoms with Gasteiger partial charge in [0.1, 0.15) is 12.2 Å². The average molecular weight is 338 g/mol. The summed E-state index contributed by atoms with van der Waals surface area (Å²) in [4.78, 5) is 11.3. The smallest absolute Gasteiger partial charge is 0.397 e. The number of alkyl halides is 3. The minimum Gasteiger partial charge on any atom is -0.492 e. The van der Waals surface area contributed by atoms with Gasteiger partial charge < -0.3 is 10.1 Å². The maximum absolute atomic E-state index is 12.1. The average Bonchev–Trinajstić information content (AvgIpc) is 2.28. The molecule has 0 saturated heterocycles. The van der Waals surface area contributed by atoms with Crippen LogP contribution in [0.1, 0.15) is 24.4 Å². The van der Waals surface area contributed by atoms with Gasteiger partial charge in [0, 0.05) is 12.0 Å². The number of hydrogen-bond acceptors (Lipinski definition) is 2. The van der Waals surface area contributed by atoms with Crippen LogP contribution in [0.15, 0.2) is 22.7 Å². The van der Waals surface area contributed by atoms with E-state index in [-0.39, 0.29) is 0 Å². The van der Waals surface area contributed by atoms with Crippen LogP contribution in [0.2, 0.25) is 0 Å². The Hall–Kier alpha value is -1.24. The van der Waals surface area contributed by atoms with Crippen molar-refractivity contribution < 1.29 is 22.7 Å². The molecular formula is C12H11BrF3NO2. The zero-order valence-corrected chi connectivity index (χ0v) is 11.3. The molecule has 1 atom stereocenters. The number of amides is 1. The van der Waals surface area contributed by atoms with Crippen LogP contribution < -0.4 is 10.1 Å². The number of benzene rings is 1. The summed E-state index contributed by atoms with van der Waals surface area (Å²) in [7, 11) is 0. The second-order valence-electron chi connectivity index (χ2n) is 4.21. The van der Waals surface area contributed by atoms with E-state index >= 15 is 0 Å².